The fraction of sp³-hybridized carbons (Fsp3) is 0.470. The SMILES string of the molecule is COC(=O)N[C@H](C(=O)N[C@@H](Cc1ccccc1)[C@@H](O)CN(Cc1ccc(-c2ccccn2)cc1)NC(=O)[C@@H](NC(=O)OC)C(C)(C)C)C(C)(C)C.Nc1nc(NC2CC2)c2ncn([C@H]3C=C[C@@H](CO)C3)c2n1.Nc1nc(NC2CC2)c2ncn([C@H]3C=C[C@@H](CO)C3)c2n1.O=S(=O)(O)O.O=S(=O)(O)O. The van der Waals surface area contributed by atoms with Crippen LogP contribution in [-0.4, -0.2) is 194 Å². The van der Waals surface area contributed by atoms with Gasteiger partial charge in [-0.2, -0.15) is 36.8 Å². The monoisotopic (exact) mass is 1470 g/mol. The number of imidazole rings is 2. The van der Waals surface area contributed by atoms with Gasteiger partial charge >= 0.3 is 33.0 Å². The molecule has 7 aromatic rings. The third-order valence-electron chi connectivity index (χ3n) is 16.4. The number of benzene rings is 2. The highest BCUT2D eigenvalue weighted by Crippen LogP contribution is 2.35. The minimum Gasteiger partial charge on any atom is -0.453 e. The summed E-state index contributed by atoms with van der Waals surface area (Å²) in [7, 11) is -6.90. The van der Waals surface area contributed by atoms with Crippen LogP contribution in [0.25, 0.3) is 33.6 Å². The van der Waals surface area contributed by atoms with E-state index in [1.54, 1.807) is 44.6 Å². The van der Waals surface area contributed by atoms with Gasteiger partial charge in [0.15, 0.2) is 34.0 Å². The van der Waals surface area contributed by atoms with Crippen LogP contribution in [0.2, 0.25) is 0 Å². The molecule has 2 saturated carbocycles. The van der Waals surface area contributed by atoms with Gasteiger partial charge in [-0.15, -0.1) is 0 Å². The maximum absolute atomic E-state index is 13.8. The molecular weight excluding hydrogens is 1380 g/mol. The first-order valence-electron chi connectivity index (χ1n) is 32.8. The summed E-state index contributed by atoms with van der Waals surface area (Å²) < 4.78 is 76.7. The van der Waals surface area contributed by atoms with E-state index in [9.17, 15) is 34.5 Å². The van der Waals surface area contributed by atoms with Gasteiger partial charge in [0.1, 0.15) is 12.1 Å². The molecule has 0 spiro atoms. The number of fused-ring (bicyclic) bond motifs is 2. The molecule has 0 bridgehead atoms. The van der Waals surface area contributed by atoms with E-state index in [-0.39, 0.29) is 68.5 Å². The van der Waals surface area contributed by atoms with Crippen molar-refractivity contribution >= 4 is 90.7 Å². The number of hydrogen-bond donors (Lipinski definition) is 15. The number of aliphatic hydroxyl groups is 3. The predicted molar refractivity (Wildman–Crippen MR) is 382 cm³/mol. The Bertz CT molecular complexity index is 4100. The molecule has 4 aliphatic rings. The molecular formula is C66H92N18O17S2. The van der Waals surface area contributed by atoms with Crippen molar-refractivity contribution in [2.24, 2.45) is 22.7 Å². The van der Waals surface area contributed by atoms with Crippen LogP contribution in [0.1, 0.15) is 103 Å². The summed E-state index contributed by atoms with van der Waals surface area (Å²) >= 11 is 0. The van der Waals surface area contributed by atoms with E-state index in [1.165, 1.54) is 14.2 Å². The van der Waals surface area contributed by atoms with Gasteiger partial charge < -0.3 is 72.0 Å². The van der Waals surface area contributed by atoms with Crippen LogP contribution >= 0.6 is 0 Å². The summed E-state index contributed by atoms with van der Waals surface area (Å²) in [5.41, 5.74) is 19.6. The first-order chi connectivity index (χ1) is 48.5. The maximum atomic E-state index is 13.8. The third-order valence-corrected chi connectivity index (χ3v) is 16.4. The molecule has 0 aliphatic heterocycles. The van der Waals surface area contributed by atoms with E-state index in [0.29, 0.717) is 12.1 Å². The fourth-order valence-corrected chi connectivity index (χ4v) is 11.0. The first-order valence-corrected chi connectivity index (χ1v) is 35.6. The minimum atomic E-state index is -4.67. The van der Waals surface area contributed by atoms with E-state index in [4.69, 9.17) is 56.0 Å². The number of nitrogens with zero attached hydrogens (tertiary/aromatic N) is 10. The van der Waals surface area contributed by atoms with Crippen LogP contribution in [0.4, 0.5) is 33.1 Å². The van der Waals surface area contributed by atoms with E-state index >= 15 is 0 Å². The summed E-state index contributed by atoms with van der Waals surface area (Å²) in [5, 5.41) is 46.8. The number of anilines is 4. The Hall–Kier alpha value is -9.57. The average molecular weight is 1470 g/mol. The minimum absolute atomic E-state index is 0.120. The molecule has 560 valence electrons. The van der Waals surface area contributed by atoms with Crippen LogP contribution in [0.5, 0.6) is 0 Å². The molecule has 17 N–H and O–H groups in total. The largest absolute Gasteiger partial charge is 0.453 e. The molecule has 2 fully saturated rings. The van der Waals surface area contributed by atoms with E-state index in [0.717, 1.165) is 94.9 Å². The van der Waals surface area contributed by atoms with Crippen molar-refractivity contribution in [2.75, 3.05) is 56.1 Å². The van der Waals surface area contributed by atoms with Crippen LogP contribution < -0.4 is 43.5 Å². The zero-order chi connectivity index (χ0) is 75.6. The number of carbonyl (C=O) groups is 4. The second-order valence-corrected chi connectivity index (χ2v) is 28.8. The van der Waals surface area contributed by atoms with Crippen LogP contribution in [-0.2, 0) is 52.8 Å². The molecule has 0 unspecified atom stereocenters. The van der Waals surface area contributed by atoms with Gasteiger partial charge in [-0.3, -0.25) is 38.2 Å². The zero-order valence-corrected chi connectivity index (χ0v) is 59.8. The number of allylic oxidation sites excluding steroid dienone is 2. The summed E-state index contributed by atoms with van der Waals surface area (Å²) in [5.74, 6) is 1.33. The number of carbonyl (C=O) groups excluding carboxylic acids is 4. The van der Waals surface area contributed by atoms with E-state index in [1.807, 2.05) is 115 Å². The molecule has 37 heteroatoms. The number of hydrazine groups is 1. The smallest absolute Gasteiger partial charge is 0.407 e. The van der Waals surface area contributed by atoms with Gasteiger partial charge in [0.25, 0.3) is 5.91 Å². The predicted octanol–water partition coefficient (Wildman–Crippen LogP) is 5.09. The van der Waals surface area contributed by atoms with Crippen molar-refractivity contribution in [3.63, 3.8) is 0 Å². The number of amides is 4. The second kappa shape index (κ2) is 36.0. The standard InChI is InChI=1S/C38H52N6O7.2C14H18N6O.2H2O4S/c1-37(2,3)31(41-35(48)50-7)33(46)40-29(22-25-14-10-9-11-15-25)30(45)24-44(43-34(47)32(38(4,5)6)42-36(49)51-8)23-26-17-19-27(20-18-26)28-16-12-13-21-39-28;2*15-14-18-12(17-9-2-3-9)11-13(19-14)20(7-16-11)10-4-1-8(5-10)6-21;2*1-5(2,3)4/h9-21,29-32,45H,22-24H2,1-8H3,(H,40,46)(H,41,48)(H,42,49)(H,43,47);2*1,4,7-10,21H,2-3,5-6H2,(H3,15,17,18,19);2*(H2,1,2,3,4)/t29-,30-,31+,32+;2*8-,10+;;/m011../s1. The van der Waals surface area contributed by atoms with Gasteiger partial charge in [-0.1, -0.05) is 127 Å². The van der Waals surface area contributed by atoms with Crippen molar-refractivity contribution in [1.82, 2.24) is 70.4 Å². The van der Waals surface area contributed by atoms with E-state index in [2.05, 4.69) is 79.0 Å². The number of pyridine rings is 1. The van der Waals surface area contributed by atoms with Crippen molar-refractivity contribution in [1.29, 1.82) is 0 Å². The first kappa shape index (κ1) is 80.7. The summed E-state index contributed by atoms with van der Waals surface area (Å²) in [4.78, 5) is 82.5. The van der Waals surface area contributed by atoms with Gasteiger partial charge in [0, 0.05) is 62.0 Å². The van der Waals surface area contributed by atoms with Gasteiger partial charge in [-0.25, -0.2) is 24.6 Å². The highest BCUT2D eigenvalue weighted by atomic mass is 32.3. The highest BCUT2D eigenvalue weighted by Gasteiger charge is 2.38. The summed E-state index contributed by atoms with van der Waals surface area (Å²) in [6.45, 7) is 11.2. The molecule has 5 heterocycles. The normalized spacial score (nSPS) is 18.2. The third kappa shape index (κ3) is 26.0. The lowest BCUT2D eigenvalue weighted by molar-refractivity contribution is -0.132. The number of ether oxygens (including phenoxy) is 2. The van der Waals surface area contributed by atoms with Crippen molar-refractivity contribution < 1.29 is 79.0 Å². The molecule has 103 heavy (non-hydrogen) atoms. The number of alkyl carbamates (subject to hydrolysis) is 2. The van der Waals surface area contributed by atoms with Crippen molar-refractivity contribution in [3.05, 3.63) is 127 Å². The van der Waals surface area contributed by atoms with Gasteiger partial charge in [0.05, 0.1) is 56.8 Å². The highest BCUT2D eigenvalue weighted by molar-refractivity contribution is 7.80. The number of nitrogen functional groups attached to an aromatic ring is 2. The Kier molecular flexibility index (Phi) is 28.2. The van der Waals surface area contributed by atoms with E-state index < -0.39 is 79.9 Å². The zero-order valence-electron chi connectivity index (χ0n) is 58.2. The number of aliphatic hydroxyl groups excluding tert-OH is 3. The van der Waals surface area contributed by atoms with Gasteiger partial charge in [0.2, 0.25) is 17.8 Å². The summed E-state index contributed by atoms with van der Waals surface area (Å²) in [6.07, 6.45) is 17.4. The molecule has 2 aromatic carbocycles. The Morgan fingerprint density at radius 1 is 0.602 bits per heavy atom. The molecule has 0 saturated heterocycles. The summed E-state index contributed by atoms with van der Waals surface area (Å²) in [6, 6.07) is 21.1. The molecule has 4 aliphatic carbocycles. The number of rotatable bonds is 22. The van der Waals surface area contributed by atoms with Crippen molar-refractivity contribution in [3.8, 4) is 11.3 Å². The lowest BCUT2D eigenvalue weighted by Crippen LogP contribution is -2.60. The number of nitrogens with two attached hydrogens (primary N) is 2. The van der Waals surface area contributed by atoms with Crippen LogP contribution in [0, 0.1) is 22.7 Å². The van der Waals surface area contributed by atoms with Crippen LogP contribution in [0.3, 0.4) is 0 Å². The molecule has 4 amide bonds. The molecule has 5 aromatic heterocycles. The topological polar surface area (TPSA) is 524 Å². The molecule has 35 nitrogen and oxygen atoms in total. The lowest BCUT2D eigenvalue weighted by atomic mass is 9.85. The van der Waals surface area contributed by atoms with Crippen molar-refractivity contribution in [2.45, 2.75) is 141 Å². The number of aromatic nitrogens is 9. The number of nitrogens with one attached hydrogen (secondary N) is 6. The Labute approximate surface area is 595 Å². The fourth-order valence-electron chi connectivity index (χ4n) is 11.0. The second-order valence-electron chi connectivity index (χ2n) is 27.0. The quantitative estimate of drug-likeness (QED) is 0.0239. The average Bonchev–Trinajstić information content (AvgIpc) is 1.64. The number of hydrogen-bond acceptors (Lipinski definition) is 25. The Morgan fingerprint density at radius 3 is 1.45 bits per heavy atom. The van der Waals surface area contributed by atoms with Gasteiger partial charge in [-0.05, 0) is 79.0 Å². The molecule has 8 atom stereocenters. The molecule has 0 radical (unpaired) electrons. The number of methoxy groups -OCH3 is 2. The Balaban J connectivity index is 0.000000230. The maximum Gasteiger partial charge on any atom is 0.407 e. The molecule has 11 rings (SSSR count). The Morgan fingerprint density at radius 2 is 1.05 bits per heavy atom. The lowest BCUT2D eigenvalue weighted by Gasteiger charge is -2.35. The van der Waals surface area contributed by atoms with Crippen LogP contribution in [0.15, 0.2) is 116 Å².